The van der Waals surface area contributed by atoms with Crippen molar-refractivity contribution >= 4 is 51.3 Å². The molecule has 0 radical (unpaired) electrons. The van der Waals surface area contributed by atoms with Crippen LogP contribution in [0.1, 0.15) is 15.4 Å². The van der Waals surface area contributed by atoms with Gasteiger partial charge in [-0.3, -0.25) is 4.79 Å². The minimum atomic E-state index is -0.212. The summed E-state index contributed by atoms with van der Waals surface area (Å²) >= 11 is 13.0. The molecule has 102 valence electrons. The van der Waals surface area contributed by atoms with E-state index in [-0.39, 0.29) is 11.5 Å². The Kier molecular flexibility index (Phi) is 3.46. The third-order valence-corrected chi connectivity index (χ3v) is 4.24. The molecule has 6 heteroatoms. The topological polar surface area (TPSA) is 39.4 Å². The van der Waals surface area contributed by atoms with Crippen molar-refractivity contribution in [3.63, 3.8) is 0 Å². The van der Waals surface area contributed by atoms with E-state index >= 15 is 0 Å². The summed E-state index contributed by atoms with van der Waals surface area (Å²) in [4.78, 5) is 12.8. The highest BCUT2D eigenvalue weighted by Gasteiger charge is 2.18. The van der Waals surface area contributed by atoms with Gasteiger partial charge in [0.1, 0.15) is 0 Å². The Bertz CT molecular complexity index is 804. The monoisotopic (exact) mass is 326 g/mol. The normalized spacial score (nSPS) is 10.9. The molecule has 0 atom stereocenters. The minimum Gasteiger partial charge on any atom is -0.493 e. The van der Waals surface area contributed by atoms with Crippen LogP contribution in [0.4, 0.5) is 0 Å². The van der Waals surface area contributed by atoms with E-state index in [1.54, 1.807) is 30.3 Å². The molecule has 3 nitrogen and oxygen atoms in total. The summed E-state index contributed by atoms with van der Waals surface area (Å²) in [5.41, 5.74) is 0.503. The number of methoxy groups -OCH3 is 1. The van der Waals surface area contributed by atoms with E-state index < -0.39 is 0 Å². The van der Waals surface area contributed by atoms with Gasteiger partial charge in [0, 0.05) is 16.5 Å². The van der Waals surface area contributed by atoms with Gasteiger partial charge in [0.2, 0.25) is 5.78 Å². The SMILES string of the molecule is COc1cc(Cl)cc2cc(C(=O)c3ccc(Cl)s3)oc12. The Morgan fingerprint density at radius 2 is 2.05 bits per heavy atom. The maximum absolute atomic E-state index is 12.3. The fourth-order valence-electron chi connectivity index (χ4n) is 1.91. The lowest BCUT2D eigenvalue weighted by Gasteiger charge is -2.00. The summed E-state index contributed by atoms with van der Waals surface area (Å²) in [7, 11) is 1.52. The Labute approximate surface area is 128 Å². The van der Waals surface area contributed by atoms with E-state index in [1.807, 2.05) is 0 Å². The average Bonchev–Trinajstić information content (AvgIpc) is 3.02. The van der Waals surface area contributed by atoms with Crippen LogP contribution >= 0.6 is 34.5 Å². The van der Waals surface area contributed by atoms with Crippen molar-refractivity contribution in [1.29, 1.82) is 0 Å². The van der Waals surface area contributed by atoms with Crippen molar-refractivity contribution in [2.45, 2.75) is 0 Å². The van der Waals surface area contributed by atoms with E-state index in [1.165, 1.54) is 18.4 Å². The summed E-state index contributed by atoms with van der Waals surface area (Å²) < 4.78 is 11.4. The van der Waals surface area contributed by atoms with Crippen molar-refractivity contribution in [3.8, 4) is 5.75 Å². The predicted octanol–water partition coefficient (Wildman–Crippen LogP) is 5.04. The highest BCUT2D eigenvalue weighted by Crippen LogP contribution is 2.33. The maximum Gasteiger partial charge on any atom is 0.238 e. The first-order valence-corrected chi connectivity index (χ1v) is 7.23. The fourth-order valence-corrected chi connectivity index (χ4v) is 3.11. The Morgan fingerprint density at radius 3 is 2.70 bits per heavy atom. The van der Waals surface area contributed by atoms with Crippen molar-refractivity contribution in [3.05, 3.63) is 50.3 Å². The number of hydrogen-bond donors (Lipinski definition) is 0. The van der Waals surface area contributed by atoms with Gasteiger partial charge in [-0.1, -0.05) is 23.2 Å². The average molecular weight is 327 g/mol. The van der Waals surface area contributed by atoms with E-state index in [9.17, 15) is 4.79 Å². The number of rotatable bonds is 3. The Hall–Kier alpha value is -1.49. The Morgan fingerprint density at radius 1 is 1.25 bits per heavy atom. The molecule has 20 heavy (non-hydrogen) atoms. The zero-order chi connectivity index (χ0) is 14.3. The molecule has 0 saturated carbocycles. The largest absolute Gasteiger partial charge is 0.493 e. The summed E-state index contributed by atoms with van der Waals surface area (Å²) in [6.45, 7) is 0. The number of fused-ring (bicyclic) bond motifs is 1. The van der Waals surface area contributed by atoms with E-state index in [0.29, 0.717) is 25.6 Å². The molecule has 0 bridgehead atoms. The molecule has 0 aliphatic rings. The predicted molar refractivity (Wildman–Crippen MR) is 80.5 cm³/mol. The molecule has 3 rings (SSSR count). The number of furan rings is 1. The number of carbonyl (C=O) groups excluding carboxylic acids is 1. The van der Waals surface area contributed by atoms with Crippen LogP contribution in [-0.2, 0) is 0 Å². The van der Waals surface area contributed by atoms with E-state index in [0.717, 1.165) is 5.39 Å². The summed E-state index contributed by atoms with van der Waals surface area (Å²) in [6.07, 6.45) is 0. The van der Waals surface area contributed by atoms with Gasteiger partial charge in [-0.05, 0) is 24.3 Å². The van der Waals surface area contributed by atoms with E-state index in [4.69, 9.17) is 32.4 Å². The number of ether oxygens (including phenoxy) is 1. The fraction of sp³-hybridized carbons (Fsp3) is 0.0714. The smallest absolute Gasteiger partial charge is 0.238 e. The number of benzene rings is 1. The third kappa shape index (κ3) is 2.30. The molecule has 2 heterocycles. The standard InChI is InChI=1S/C14H8Cl2O3S/c1-18-10-6-8(15)4-7-5-9(19-14(7)10)13(17)11-2-3-12(16)20-11/h2-6H,1H3. The van der Waals surface area contributed by atoms with Crippen LogP contribution < -0.4 is 4.74 Å². The van der Waals surface area contributed by atoms with Crippen LogP contribution in [0.2, 0.25) is 9.36 Å². The molecule has 3 aromatic rings. The second-order valence-corrected chi connectivity index (χ2v) is 6.22. The zero-order valence-corrected chi connectivity index (χ0v) is 12.6. The molecular formula is C14H8Cl2O3S. The van der Waals surface area contributed by atoms with Crippen LogP contribution in [0.5, 0.6) is 5.75 Å². The van der Waals surface area contributed by atoms with Crippen molar-refractivity contribution < 1.29 is 13.9 Å². The molecule has 0 aliphatic heterocycles. The van der Waals surface area contributed by atoms with Gasteiger partial charge in [-0.2, -0.15) is 0 Å². The van der Waals surface area contributed by atoms with Gasteiger partial charge < -0.3 is 9.15 Å². The first kappa shape index (κ1) is 13.5. The van der Waals surface area contributed by atoms with Gasteiger partial charge in [-0.25, -0.2) is 0 Å². The molecular weight excluding hydrogens is 319 g/mol. The van der Waals surface area contributed by atoms with Crippen LogP contribution in [0.3, 0.4) is 0 Å². The van der Waals surface area contributed by atoms with E-state index in [2.05, 4.69) is 0 Å². The minimum absolute atomic E-state index is 0.212. The van der Waals surface area contributed by atoms with Crippen molar-refractivity contribution in [2.75, 3.05) is 7.11 Å². The highest BCUT2D eigenvalue weighted by atomic mass is 35.5. The molecule has 0 fully saturated rings. The van der Waals surface area contributed by atoms with Gasteiger partial charge in [0.25, 0.3) is 0 Å². The lowest BCUT2D eigenvalue weighted by atomic mass is 10.2. The van der Waals surface area contributed by atoms with Crippen LogP contribution in [-0.4, -0.2) is 12.9 Å². The van der Waals surface area contributed by atoms with Gasteiger partial charge in [0.15, 0.2) is 17.1 Å². The summed E-state index contributed by atoms with van der Waals surface area (Å²) in [5, 5.41) is 1.24. The molecule has 0 spiro atoms. The summed E-state index contributed by atoms with van der Waals surface area (Å²) in [5.74, 6) is 0.520. The van der Waals surface area contributed by atoms with Gasteiger partial charge in [-0.15, -0.1) is 11.3 Å². The highest BCUT2D eigenvalue weighted by molar-refractivity contribution is 7.18. The van der Waals surface area contributed by atoms with Crippen molar-refractivity contribution in [2.24, 2.45) is 0 Å². The maximum atomic E-state index is 12.3. The number of ketones is 1. The van der Waals surface area contributed by atoms with Gasteiger partial charge in [0.05, 0.1) is 16.3 Å². The molecule has 0 aliphatic carbocycles. The first-order chi connectivity index (χ1) is 9.58. The lowest BCUT2D eigenvalue weighted by molar-refractivity contribution is 0.101. The second-order valence-electron chi connectivity index (χ2n) is 4.07. The number of thiophene rings is 1. The molecule has 0 N–H and O–H groups in total. The lowest BCUT2D eigenvalue weighted by Crippen LogP contribution is -1.95. The summed E-state index contributed by atoms with van der Waals surface area (Å²) in [6, 6.07) is 8.37. The second kappa shape index (κ2) is 5.13. The quantitative estimate of drug-likeness (QED) is 0.633. The zero-order valence-electron chi connectivity index (χ0n) is 10.3. The van der Waals surface area contributed by atoms with Crippen molar-refractivity contribution in [1.82, 2.24) is 0 Å². The third-order valence-electron chi connectivity index (χ3n) is 2.79. The Balaban J connectivity index is 2.11. The number of halogens is 2. The number of carbonyl (C=O) groups is 1. The number of hydrogen-bond acceptors (Lipinski definition) is 4. The molecule has 0 amide bonds. The molecule has 0 saturated heterocycles. The van der Waals surface area contributed by atoms with Crippen LogP contribution in [0, 0.1) is 0 Å². The first-order valence-electron chi connectivity index (χ1n) is 5.65. The van der Waals surface area contributed by atoms with Crippen LogP contribution in [0.15, 0.2) is 34.7 Å². The van der Waals surface area contributed by atoms with Crippen LogP contribution in [0.25, 0.3) is 11.0 Å². The molecule has 1 aromatic carbocycles. The molecule has 0 unspecified atom stereocenters. The van der Waals surface area contributed by atoms with Gasteiger partial charge >= 0.3 is 0 Å². The molecule has 2 aromatic heterocycles.